The van der Waals surface area contributed by atoms with Crippen molar-refractivity contribution in [3.8, 4) is 0 Å². The van der Waals surface area contributed by atoms with Gasteiger partial charge in [0.1, 0.15) is 0 Å². The van der Waals surface area contributed by atoms with Gasteiger partial charge in [-0.3, -0.25) is 4.79 Å². The Bertz CT molecular complexity index is 405. The average molecular weight is 260 g/mol. The molecule has 5 nitrogen and oxygen atoms in total. The Morgan fingerprint density at radius 3 is 2.71 bits per heavy atom. The van der Waals surface area contributed by atoms with E-state index in [1.54, 1.807) is 0 Å². The van der Waals surface area contributed by atoms with Gasteiger partial charge >= 0.3 is 0 Å². The molecule has 2 aliphatic rings. The first-order valence-corrected chi connectivity index (χ1v) is 7.86. The number of carbonyl (C=O) groups is 1. The summed E-state index contributed by atoms with van der Waals surface area (Å²) in [6.45, 7) is 4.97. The first-order valence-electron chi connectivity index (χ1n) is 6.14. The standard InChI is InChI=1S/C11H20N2O3S/c1-7(2)13-11(14)8-3-4-17(15,16)10-6-12-5-9(8)10/h7-10,12H,3-6H2,1-2H3,(H,13,14)/t8-,9+,10+/m0/s1. The van der Waals surface area contributed by atoms with Gasteiger partial charge in [0, 0.05) is 31.0 Å². The SMILES string of the molecule is CC(C)NC(=O)[C@H]1CCS(=O)(=O)[C@@H]2CNC[C@H]12. The van der Waals surface area contributed by atoms with E-state index in [1.165, 1.54) is 0 Å². The van der Waals surface area contributed by atoms with Gasteiger partial charge in [0.05, 0.1) is 11.0 Å². The largest absolute Gasteiger partial charge is 0.354 e. The number of hydrogen-bond donors (Lipinski definition) is 2. The minimum Gasteiger partial charge on any atom is -0.354 e. The van der Waals surface area contributed by atoms with Crippen molar-refractivity contribution in [2.45, 2.75) is 31.6 Å². The van der Waals surface area contributed by atoms with Crippen LogP contribution in [-0.2, 0) is 14.6 Å². The van der Waals surface area contributed by atoms with Crippen LogP contribution in [0.25, 0.3) is 0 Å². The number of rotatable bonds is 2. The van der Waals surface area contributed by atoms with Crippen LogP contribution in [0.15, 0.2) is 0 Å². The molecule has 0 radical (unpaired) electrons. The van der Waals surface area contributed by atoms with E-state index in [0.29, 0.717) is 19.5 Å². The molecule has 0 aromatic rings. The van der Waals surface area contributed by atoms with Crippen molar-refractivity contribution in [1.29, 1.82) is 0 Å². The summed E-state index contributed by atoms with van der Waals surface area (Å²) >= 11 is 0. The van der Waals surface area contributed by atoms with Crippen LogP contribution in [0.5, 0.6) is 0 Å². The van der Waals surface area contributed by atoms with Crippen LogP contribution in [0.2, 0.25) is 0 Å². The monoisotopic (exact) mass is 260 g/mol. The smallest absolute Gasteiger partial charge is 0.223 e. The van der Waals surface area contributed by atoms with E-state index in [2.05, 4.69) is 10.6 Å². The Morgan fingerprint density at radius 1 is 1.35 bits per heavy atom. The fourth-order valence-electron chi connectivity index (χ4n) is 2.84. The highest BCUT2D eigenvalue weighted by molar-refractivity contribution is 7.92. The number of nitrogens with one attached hydrogen (secondary N) is 2. The predicted molar refractivity (Wildman–Crippen MR) is 65.3 cm³/mol. The first-order chi connectivity index (χ1) is 7.92. The van der Waals surface area contributed by atoms with Crippen LogP contribution >= 0.6 is 0 Å². The number of hydrogen-bond acceptors (Lipinski definition) is 4. The van der Waals surface area contributed by atoms with Gasteiger partial charge in [0.2, 0.25) is 5.91 Å². The Hall–Kier alpha value is -0.620. The molecule has 0 unspecified atom stereocenters. The van der Waals surface area contributed by atoms with Crippen LogP contribution < -0.4 is 10.6 Å². The molecule has 0 aromatic carbocycles. The Morgan fingerprint density at radius 2 is 2.06 bits per heavy atom. The molecule has 2 fully saturated rings. The van der Waals surface area contributed by atoms with Gasteiger partial charge in [-0.1, -0.05) is 0 Å². The van der Waals surface area contributed by atoms with E-state index in [9.17, 15) is 13.2 Å². The Labute approximate surface area is 102 Å². The second-order valence-corrected chi connectivity index (χ2v) is 7.63. The molecule has 0 aromatic heterocycles. The lowest BCUT2D eigenvalue weighted by Gasteiger charge is -2.32. The van der Waals surface area contributed by atoms with Crippen LogP contribution in [0.1, 0.15) is 20.3 Å². The second kappa shape index (κ2) is 4.57. The van der Waals surface area contributed by atoms with Crippen molar-refractivity contribution in [3.63, 3.8) is 0 Å². The number of fused-ring (bicyclic) bond motifs is 1. The summed E-state index contributed by atoms with van der Waals surface area (Å²) in [4.78, 5) is 12.0. The van der Waals surface area contributed by atoms with E-state index < -0.39 is 9.84 Å². The van der Waals surface area contributed by atoms with Crippen LogP contribution in [0, 0.1) is 11.8 Å². The highest BCUT2D eigenvalue weighted by Crippen LogP contribution is 2.33. The van der Waals surface area contributed by atoms with Gasteiger partial charge in [-0.05, 0) is 20.3 Å². The van der Waals surface area contributed by atoms with Crippen LogP contribution in [-0.4, -0.2) is 44.5 Å². The maximum atomic E-state index is 12.0. The summed E-state index contributed by atoms with van der Waals surface area (Å²) in [6, 6.07) is 0.105. The van der Waals surface area contributed by atoms with Gasteiger partial charge in [-0.15, -0.1) is 0 Å². The van der Waals surface area contributed by atoms with E-state index in [4.69, 9.17) is 0 Å². The van der Waals surface area contributed by atoms with Crippen molar-refractivity contribution in [1.82, 2.24) is 10.6 Å². The van der Waals surface area contributed by atoms with E-state index in [-0.39, 0.29) is 34.8 Å². The fourth-order valence-corrected chi connectivity index (χ4v) is 4.92. The number of sulfone groups is 1. The molecule has 2 rings (SSSR count). The van der Waals surface area contributed by atoms with E-state index in [0.717, 1.165) is 0 Å². The molecule has 2 heterocycles. The Balaban J connectivity index is 2.14. The summed E-state index contributed by atoms with van der Waals surface area (Å²) in [5.41, 5.74) is 0. The normalized spacial score (nSPS) is 35.6. The molecule has 2 N–H and O–H groups in total. The van der Waals surface area contributed by atoms with E-state index >= 15 is 0 Å². The molecule has 2 aliphatic heterocycles. The first kappa shape index (κ1) is 12.8. The third-order valence-corrected chi connectivity index (χ3v) is 5.91. The number of carbonyl (C=O) groups excluding carboxylic acids is 1. The van der Waals surface area contributed by atoms with Gasteiger partial charge in [-0.25, -0.2) is 8.42 Å². The molecule has 0 saturated carbocycles. The minimum atomic E-state index is -3.00. The molecular weight excluding hydrogens is 240 g/mol. The van der Waals surface area contributed by atoms with E-state index in [1.807, 2.05) is 13.8 Å². The molecule has 6 heteroatoms. The summed E-state index contributed by atoms with van der Waals surface area (Å²) in [7, 11) is -3.00. The highest BCUT2D eigenvalue weighted by atomic mass is 32.2. The maximum Gasteiger partial charge on any atom is 0.223 e. The third kappa shape index (κ3) is 2.47. The molecule has 0 aliphatic carbocycles. The zero-order valence-electron chi connectivity index (χ0n) is 10.3. The lowest BCUT2D eigenvalue weighted by molar-refractivity contribution is -0.127. The summed E-state index contributed by atoms with van der Waals surface area (Å²) in [6.07, 6.45) is 0.462. The summed E-state index contributed by atoms with van der Waals surface area (Å²) < 4.78 is 23.8. The molecular formula is C11H20N2O3S. The number of amides is 1. The van der Waals surface area contributed by atoms with Crippen molar-refractivity contribution < 1.29 is 13.2 Å². The zero-order chi connectivity index (χ0) is 12.6. The van der Waals surface area contributed by atoms with Crippen molar-refractivity contribution >= 4 is 15.7 Å². The van der Waals surface area contributed by atoms with Gasteiger partial charge in [0.15, 0.2) is 9.84 Å². The molecule has 1 amide bonds. The highest BCUT2D eigenvalue weighted by Gasteiger charge is 2.47. The van der Waals surface area contributed by atoms with Gasteiger partial charge in [-0.2, -0.15) is 0 Å². The summed E-state index contributed by atoms with van der Waals surface area (Å²) in [5.74, 6) is -0.0477. The topological polar surface area (TPSA) is 75.3 Å². The second-order valence-electron chi connectivity index (χ2n) is 5.29. The summed E-state index contributed by atoms with van der Waals surface area (Å²) in [5, 5.41) is 5.63. The molecule has 0 bridgehead atoms. The average Bonchev–Trinajstić information content (AvgIpc) is 2.65. The van der Waals surface area contributed by atoms with Crippen LogP contribution in [0.3, 0.4) is 0 Å². The maximum absolute atomic E-state index is 12.0. The lowest BCUT2D eigenvalue weighted by atomic mass is 9.87. The van der Waals surface area contributed by atoms with Crippen molar-refractivity contribution in [3.05, 3.63) is 0 Å². The van der Waals surface area contributed by atoms with Gasteiger partial charge in [0.25, 0.3) is 0 Å². The van der Waals surface area contributed by atoms with Crippen molar-refractivity contribution in [2.24, 2.45) is 11.8 Å². The van der Waals surface area contributed by atoms with Crippen LogP contribution in [0.4, 0.5) is 0 Å². The molecule has 0 spiro atoms. The predicted octanol–water partition coefficient (Wildman–Crippen LogP) is -0.466. The molecule has 17 heavy (non-hydrogen) atoms. The molecule has 98 valence electrons. The van der Waals surface area contributed by atoms with Crippen molar-refractivity contribution in [2.75, 3.05) is 18.8 Å². The van der Waals surface area contributed by atoms with Gasteiger partial charge < -0.3 is 10.6 Å². The quantitative estimate of drug-likeness (QED) is 0.704. The zero-order valence-corrected chi connectivity index (χ0v) is 11.1. The fraction of sp³-hybridized carbons (Fsp3) is 0.909. The minimum absolute atomic E-state index is 0.00796. The lowest BCUT2D eigenvalue weighted by Crippen LogP contribution is -2.48. The third-order valence-electron chi connectivity index (χ3n) is 3.66. The molecule has 2 saturated heterocycles. The Kier molecular flexibility index (Phi) is 3.45. The molecule has 3 atom stereocenters.